The highest BCUT2D eigenvalue weighted by atomic mass is 32.1. The number of ether oxygens (including phenoxy) is 1. The van der Waals surface area contributed by atoms with E-state index in [1.807, 2.05) is 30.3 Å². The van der Waals surface area contributed by atoms with Gasteiger partial charge in [0.05, 0.1) is 6.61 Å². The Balaban J connectivity index is 1.77. The number of hydrogen-bond acceptors (Lipinski definition) is 3. The predicted molar refractivity (Wildman–Crippen MR) is 85.8 cm³/mol. The van der Waals surface area contributed by atoms with Gasteiger partial charge in [-0.25, -0.2) is 0 Å². The summed E-state index contributed by atoms with van der Waals surface area (Å²) in [4.78, 5) is 1.20. The smallest absolute Gasteiger partial charge is 0.149 e. The number of aliphatic hydroxyl groups is 1. The van der Waals surface area contributed by atoms with Crippen LogP contribution in [0.4, 0.5) is 0 Å². The summed E-state index contributed by atoms with van der Waals surface area (Å²) < 4.78 is 6.42. The minimum atomic E-state index is -0.340. The Labute approximate surface area is 127 Å². The van der Waals surface area contributed by atoms with Crippen molar-refractivity contribution >= 4 is 22.1 Å². The van der Waals surface area contributed by atoms with Crippen LogP contribution in [-0.4, -0.2) is 11.7 Å². The van der Waals surface area contributed by atoms with Gasteiger partial charge in [0, 0.05) is 22.6 Å². The van der Waals surface area contributed by atoms with Crippen molar-refractivity contribution in [1.29, 1.82) is 0 Å². The molecule has 3 heteroatoms. The van der Waals surface area contributed by atoms with Crippen LogP contribution in [0.25, 0.3) is 10.8 Å². The summed E-state index contributed by atoms with van der Waals surface area (Å²) >= 11 is 1.70. The lowest BCUT2D eigenvalue weighted by Gasteiger charge is -2.20. The van der Waals surface area contributed by atoms with E-state index >= 15 is 0 Å². The van der Waals surface area contributed by atoms with E-state index in [0.29, 0.717) is 0 Å². The van der Waals surface area contributed by atoms with Crippen molar-refractivity contribution in [2.45, 2.75) is 12.0 Å². The molecule has 1 fully saturated rings. The Morgan fingerprint density at radius 1 is 1.10 bits per heavy atom. The van der Waals surface area contributed by atoms with Crippen LogP contribution in [0.5, 0.6) is 5.75 Å². The molecular formula is C18H16O2S. The zero-order chi connectivity index (χ0) is 14.3. The molecule has 3 aromatic rings. The van der Waals surface area contributed by atoms with E-state index in [1.54, 1.807) is 11.3 Å². The van der Waals surface area contributed by atoms with Crippen LogP contribution >= 0.6 is 11.3 Å². The first kappa shape index (κ1) is 12.9. The molecule has 0 saturated heterocycles. The third kappa shape index (κ3) is 2.04. The van der Waals surface area contributed by atoms with E-state index in [-0.39, 0.29) is 18.1 Å². The molecule has 0 bridgehead atoms. The lowest BCUT2D eigenvalue weighted by molar-refractivity contribution is 0.141. The molecule has 106 valence electrons. The topological polar surface area (TPSA) is 29.5 Å². The number of aliphatic hydroxyl groups excluding tert-OH is 1. The Kier molecular flexibility index (Phi) is 2.98. The molecule has 1 heterocycles. The van der Waals surface area contributed by atoms with E-state index < -0.39 is 0 Å². The second kappa shape index (κ2) is 4.86. The fraction of sp³-hybridized carbons (Fsp3) is 0.222. The maximum absolute atomic E-state index is 9.56. The first-order chi connectivity index (χ1) is 10.3. The molecule has 1 aromatic heterocycles. The summed E-state index contributed by atoms with van der Waals surface area (Å²) in [7, 11) is 0. The van der Waals surface area contributed by atoms with Gasteiger partial charge in [-0.05, 0) is 22.9 Å². The average molecular weight is 296 g/mol. The van der Waals surface area contributed by atoms with Crippen molar-refractivity contribution in [3.05, 3.63) is 64.9 Å². The van der Waals surface area contributed by atoms with Gasteiger partial charge in [0.25, 0.3) is 0 Å². The quantitative estimate of drug-likeness (QED) is 0.782. The molecule has 0 aliphatic heterocycles. The Hall–Kier alpha value is -1.84. The van der Waals surface area contributed by atoms with Gasteiger partial charge in [-0.1, -0.05) is 42.5 Å². The van der Waals surface area contributed by atoms with Gasteiger partial charge in [-0.2, -0.15) is 0 Å². The second-order valence-electron chi connectivity index (χ2n) is 5.53. The number of benzene rings is 2. The van der Waals surface area contributed by atoms with E-state index in [2.05, 4.69) is 29.6 Å². The van der Waals surface area contributed by atoms with Gasteiger partial charge < -0.3 is 9.84 Å². The van der Waals surface area contributed by atoms with E-state index in [4.69, 9.17) is 4.74 Å². The number of rotatable bonds is 4. The molecule has 1 aliphatic rings. The number of thiophene rings is 1. The van der Waals surface area contributed by atoms with E-state index in [0.717, 1.165) is 17.6 Å². The Bertz CT molecular complexity index is 760. The number of hydrogen-bond donors (Lipinski definition) is 1. The zero-order valence-corrected chi connectivity index (χ0v) is 12.3. The molecule has 2 atom stereocenters. The highest BCUT2D eigenvalue weighted by molar-refractivity contribution is 7.10. The Morgan fingerprint density at radius 2 is 1.95 bits per heavy atom. The minimum Gasteiger partial charge on any atom is -0.481 e. The van der Waals surface area contributed by atoms with Crippen molar-refractivity contribution < 1.29 is 9.84 Å². The molecule has 1 aliphatic carbocycles. The molecular weight excluding hydrogens is 280 g/mol. The minimum absolute atomic E-state index is 0.169. The zero-order valence-electron chi connectivity index (χ0n) is 11.5. The molecule has 4 rings (SSSR count). The lowest BCUT2D eigenvalue weighted by atomic mass is 10.1. The predicted octanol–water partition coefficient (Wildman–Crippen LogP) is 4.19. The molecule has 0 amide bonds. The van der Waals surface area contributed by atoms with Crippen LogP contribution in [0.2, 0.25) is 0 Å². The Morgan fingerprint density at radius 3 is 2.71 bits per heavy atom. The fourth-order valence-corrected chi connectivity index (χ4v) is 3.95. The lowest BCUT2D eigenvalue weighted by Crippen LogP contribution is -2.19. The molecule has 21 heavy (non-hydrogen) atoms. The van der Waals surface area contributed by atoms with Crippen LogP contribution < -0.4 is 4.74 Å². The molecule has 1 N–H and O–H groups in total. The summed E-state index contributed by atoms with van der Waals surface area (Å²) in [6.07, 6.45) is 0.882. The normalized spacial score (nSPS) is 24.1. The molecule has 0 radical (unpaired) electrons. The molecule has 2 nitrogen and oxygen atoms in total. The summed E-state index contributed by atoms with van der Waals surface area (Å²) in [6, 6.07) is 18.5. The third-order valence-electron chi connectivity index (χ3n) is 4.25. The monoisotopic (exact) mass is 296 g/mol. The summed E-state index contributed by atoms with van der Waals surface area (Å²) in [5.41, 5.74) is -0.340. The molecule has 0 unspecified atom stereocenters. The fourth-order valence-electron chi connectivity index (χ4n) is 3.00. The summed E-state index contributed by atoms with van der Waals surface area (Å²) in [5.74, 6) is 1.09. The van der Waals surface area contributed by atoms with Crippen molar-refractivity contribution in [3.63, 3.8) is 0 Å². The van der Waals surface area contributed by atoms with Gasteiger partial charge in [0.2, 0.25) is 0 Å². The average Bonchev–Trinajstić information content (AvgIpc) is 2.97. The number of fused-ring (bicyclic) bond motifs is 1. The highest BCUT2D eigenvalue weighted by Crippen LogP contribution is 2.56. The first-order valence-corrected chi connectivity index (χ1v) is 8.03. The van der Waals surface area contributed by atoms with Gasteiger partial charge in [-0.3, -0.25) is 0 Å². The summed E-state index contributed by atoms with van der Waals surface area (Å²) in [5, 5.41) is 13.9. The standard InChI is InChI=1S/C18H16O2S/c19-12-14-11-18(14,17-9-4-10-21-17)20-16-8-3-6-13-5-1-2-7-15(13)16/h1-10,14,19H,11-12H2/t14-,18+/m0/s1. The van der Waals surface area contributed by atoms with Crippen LogP contribution in [0.1, 0.15) is 11.3 Å². The van der Waals surface area contributed by atoms with E-state index in [9.17, 15) is 5.11 Å². The van der Waals surface area contributed by atoms with Crippen LogP contribution in [-0.2, 0) is 5.60 Å². The van der Waals surface area contributed by atoms with Crippen LogP contribution in [0, 0.1) is 5.92 Å². The largest absolute Gasteiger partial charge is 0.481 e. The molecule has 2 aromatic carbocycles. The van der Waals surface area contributed by atoms with Crippen molar-refractivity contribution in [2.24, 2.45) is 5.92 Å². The highest BCUT2D eigenvalue weighted by Gasteiger charge is 2.58. The van der Waals surface area contributed by atoms with Crippen molar-refractivity contribution in [3.8, 4) is 5.75 Å². The summed E-state index contributed by atoms with van der Waals surface area (Å²) in [6.45, 7) is 0.169. The van der Waals surface area contributed by atoms with Crippen molar-refractivity contribution in [1.82, 2.24) is 0 Å². The maximum atomic E-state index is 9.56. The van der Waals surface area contributed by atoms with Gasteiger partial charge in [0.1, 0.15) is 11.4 Å². The maximum Gasteiger partial charge on any atom is 0.149 e. The second-order valence-corrected chi connectivity index (χ2v) is 6.48. The molecule has 0 spiro atoms. The SMILES string of the molecule is OC[C@@H]1C[C@]1(Oc1cccc2ccccc12)c1cccs1. The third-order valence-corrected chi connectivity index (χ3v) is 5.28. The van der Waals surface area contributed by atoms with Crippen LogP contribution in [0.3, 0.4) is 0 Å². The van der Waals surface area contributed by atoms with Gasteiger partial charge >= 0.3 is 0 Å². The van der Waals surface area contributed by atoms with Gasteiger partial charge in [-0.15, -0.1) is 11.3 Å². The van der Waals surface area contributed by atoms with Gasteiger partial charge in [0.15, 0.2) is 0 Å². The van der Waals surface area contributed by atoms with Crippen LogP contribution in [0.15, 0.2) is 60.0 Å². The van der Waals surface area contributed by atoms with Crippen molar-refractivity contribution in [2.75, 3.05) is 6.61 Å². The molecule has 1 saturated carbocycles. The first-order valence-electron chi connectivity index (χ1n) is 7.15. The van der Waals surface area contributed by atoms with E-state index in [1.165, 1.54) is 10.3 Å².